The molecular weight excluding hydrogens is 382 g/mol. The number of nitrogens with one attached hydrogen (secondary N) is 1. The number of carbonyl (C=O) groups is 1. The van der Waals surface area contributed by atoms with Crippen molar-refractivity contribution >= 4 is 5.91 Å². The minimum Gasteiger partial charge on any atom is -0.454 e. The lowest BCUT2D eigenvalue weighted by molar-refractivity contribution is -0.173. The normalized spacial score (nSPS) is 13.1. The first-order valence-corrected chi connectivity index (χ1v) is 7.23. The van der Waals surface area contributed by atoms with Crippen LogP contribution >= 0.6 is 0 Å². The van der Waals surface area contributed by atoms with Gasteiger partial charge in [-0.2, -0.15) is 31.3 Å². The van der Waals surface area contributed by atoms with E-state index in [1.54, 1.807) is 5.32 Å². The third kappa shape index (κ3) is 5.81. The first-order chi connectivity index (χ1) is 12.5. The molecule has 3 N–H and O–H groups in total. The Kier molecular flexibility index (Phi) is 5.88. The molecule has 0 bridgehead atoms. The van der Waals surface area contributed by atoms with Crippen molar-refractivity contribution in [2.24, 2.45) is 5.73 Å². The van der Waals surface area contributed by atoms with Crippen molar-refractivity contribution in [1.29, 1.82) is 0 Å². The molecule has 1 atom stereocenters. The minimum atomic E-state index is -4.98. The van der Waals surface area contributed by atoms with Crippen LogP contribution in [-0.4, -0.2) is 22.1 Å². The summed E-state index contributed by atoms with van der Waals surface area (Å²) in [6.07, 6.45) is -10.0. The van der Waals surface area contributed by atoms with Crippen molar-refractivity contribution in [3.63, 3.8) is 0 Å². The summed E-state index contributed by atoms with van der Waals surface area (Å²) < 4.78 is 79.1. The second kappa shape index (κ2) is 7.78. The van der Waals surface area contributed by atoms with Crippen LogP contribution in [0.5, 0.6) is 5.88 Å². The molecule has 1 amide bonds. The van der Waals surface area contributed by atoms with E-state index in [1.807, 2.05) is 0 Å². The van der Waals surface area contributed by atoms with Gasteiger partial charge in [-0.3, -0.25) is 10.5 Å². The summed E-state index contributed by atoms with van der Waals surface area (Å²) >= 11 is 0. The van der Waals surface area contributed by atoms with Gasteiger partial charge in [0.25, 0.3) is 0 Å². The van der Waals surface area contributed by atoms with E-state index in [0.29, 0.717) is 11.1 Å². The third-order valence-corrected chi connectivity index (χ3v) is 3.15. The van der Waals surface area contributed by atoms with Crippen LogP contribution in [0.2, 0.25) is 0 Å². The van der Waals surface area contributed by atoms with E-state index in [4.69, 9.17) is 10.5 Å². The van der Waals surface area contributed by atoms with Gasteiger partial charge in [0, 0.05) is 24.4 Å². The molecule has 146 valence electrons. The van der Waals surface area contributed by atoms with Crippen LogP contribution in [0.1, 0.15) is 23.2 Å². The molecule has 0 spiro atoms. The molecule has 1 heterocycles. The number of amides is 1. The largest absolute Gasteiger partial charge is 0.471 e. The SMILES string of the molecule is NC(Oc1ccnc(C(F)(F)F)n1)c1ccc(CNC(=O)C(F)(F)F)cc1. The van der Waals surface area contributed by atoms with Crippen LogP contribution in [0.4, 0.5) is 26.3 Å². The van der Waals surface area contributed by atoms with Gasteiger partial charge in [-0.25, -0.2) is 4.98 Å². The summed E-state index contributed by atoms with van der Waals surface area (Å²) in [5.41, 5.74) is 6.41. The zero-order valence-electron chi connectivity index (χ0n) is 13.3. The Morgan fingerprint density at radius 3 is 2.30 bits per heavy atom. The number of ether oxygens (including phenoxy) is 1. The Balaban J connectivity index is 2.00. The zero-order valence-corrected chi connectivity index (χ0v) is 13.3. The molecule has 0 saturated heterocycles. The average Bonchev–Trinajstić information content (AvgIpc) is 2.58. The molecule has 1 unspecified atom stereocenters. The minimum absolute atomic E-state index is 0.327. The van der Waals surface area contributed by atoms with E-state index in [0.717, 1.165) is 12.3 Å². The lowest BCUT2D eigenvalue weighted by Crippen LogP contribution is -2.36. The Hall–Kier alpha value is -2.89. The predicted octanol–water partition coefficient (Wildman–Crippen LogP) is 2.71. The molecule has 0 saturated carbocycles. The van der Waals surface area contributed by atoms with Gasteiger partial charge in [0.05, 0.1) is 0 Å². The first-order valence-electron chi connectivity index (χ1n) is 7.23. The number of benzene rings is 1. The van der Waals surface area contributed by atoms with Crippen LogP contribution in [0.3, 0.4) is 0 Å². The standard InChI is InChI=1S/C15H12F6N4O2/c16-14(17,18)12-23-6-5-10(25-12)27-11(22)9-3-1-8(2-4-9)7-24-13(26)15(19,20)21/h1-6,11H,7,22H2,(H,24,26). The molecule has 1 aromatic carbocycles. The molecule has 0 aliphatic rings. The molecular formula is C15H12F6N4O2. The molecule has 27 heavy (non-hydrogen) atoms. The summed E-state index contributed by atoms with van der Waals surface area (Å²) in [4.78, 5) is 17.0. The van der Waals surface area contributed by atoms with Crippen molar-refractivity contribution in [1.82, 2.24) is 15.3 Å². The van der Waals surface area contributed by atoms with Crippen molar-refractivity contribution in [3.05, 3.63) is 53.5 Å². The summed E-state index contributed by atoms with van der Waals surface area (Å²) in [7, 11) is 0. The van der Waals surface area contributed by atoms with E-state index in [9.17, 15) is 31.1 Å². The number of aromatic nitrogens is 2. The van der Waals surface area contributed by atoms with Crippen LogP contribution in [0.25, 0.3) is 0 Å². The van der Waals surface area contributed by atoms with Gasteiger partial charge in [0.15, 0.2) is 6.23 Å². The lowest BCUT2D eigenvalue weighted by atomic mass is 10.1. The van der Waals surface area contributed by atoms with Crippen LogP contribution in [0, 0.1) is 0 Å². The number of rotatable bonds is 5. The zero-order chi connectivity index (χ0) is 20.2. The monoisotopic (exact) mass is 394 g/mol. The smallest absolute Gasteiger partial charge is 0.454 e. The predicted molar refractivity (Wildman–Crippen MR) is 78.9 cm³/mol. The fourth-order valence-electron chi connectivity index (χ4n) is 1.85. The van der Waals surface area contributed by atoms with Crippen molar-refractivity contribution < 1.29 is 35.9 Å². The highest BCUT2D eigenvalue weighted by molar-refractivity contribution is 5.81. The number of halogens is 6. The van der Waals surface area contributed by atoms with Gasteiger partial charge in [-0.05, 0) is 5.56 Å². The highest BCUT2D eigenvalue weighted by Crippen LogP contribution is 2.27. The van der Waals surface area contributed by atoms with Crippen LogP contribution in [-0.2, 0) is 17.5 Å². The summed E-state index contributed by atoms with van der Waals surface area (Å²) in [5, 5.41) is 1.70. The van der Waals surface area contributed by atoms with Crippen LogP contribution in [0.15, 0.2) is 36.5 Å². The number of carbonyl (C=O) groups excluding carboxylic acids is 1. The van der Waals surface area contributed by atoms with E-state index >= 15 is 0 Å². The van der Waals surface area contributed by atoms with Crippen LogP contribution < -0.4 is 15.8 Å². The van der Waals surface area contributed by atoms with Gasteiger partial charge in [-0.15, -0.1) is 0 Å². The van der Waals surface area contributed by atoms with Gasteiger partial charge in [0.2, 0.25) is 11.7 Å². The highest BCUT2D eigenvalue weighted by atomic mass is 19.4. The fourth-order valence-corrected chi connectivity index (χ4v) is 1.85. The molecule has 1 aromatic heterocycles. The van der Waals surface area contributed by atoms with E-state index in [1.165, 1.54) is 24.3 Å². The van der Waals surface area contributed by atoms with Crippen molar-refractivity contribution in [2.75, 3.05) is 0 Å². The molecule has 6 nitrogen and oxygen atoms in total. The molecule has 0 aliphatic carbocycles. The highest BCUT2D eigenvalue weighted by Gasteiger charge is 2.38. The topological polar surface area (TPSA) is 90.1 Å². The Morgan fingerprint density at radius 1 is 1.11 bits per heavy atom. The van der Waals surface area contributed by atoms with E-state index in [2.05, 4.69) is 9.97 Å². The van der Waals surface area contributed by atoms with Gasteiger partial charge in [0.1, 0.15) is 0 Å². The molecule has 0 radical (unpaired) electrons. The Morgan fingerprint density at radius 2 is 1.74 bits per heavy atom. The first kappa shape index (κ1) is 20.4. The number of nitrogens with zero attached hydrogens (tertiary/aromatic N) is 2. The summed E-state index contributed by atoms with van der Waals surface area (Å²) in [6, 6.07) is 6.65. The van der Waals surface area contributed by atoms with Gasteiger partial charge < -0.3 is 10.1 Å². The maximum Gasteiger partial charge on any atom is 0.471 e. The third-order valence-electron chi connectivity index (χ3n) is 3.15. The second-order valence-electron chi connectivity index (χ2n) is 5.18. The maximum atomic E-state index is 12.6. The molecule has 2 rings (SSSR count). The Bertz CT molecular complexity index is 792. The molecule has 12 heteroatoms. The van der Waals surface area contributed by atoms with Gasteiger partial charge >= 0.3 is 18.3 Å². The summed E-state index contributed by atoms with van der Waals surface area (Å²) in [6.45, 7) is -0.366. The number of nitrogens with two attached hydrogens (primary N) is 1. The number of alkyl halides is 6. The van der Waals surface area contributed by atoms with E-state index in [-0.39, 0.29) is 6.54 Å². The summed E-state index contributed by atoms with van der Waals surface area (Å²) in [5.74, 6) is -3.86. The number of hydrogen-bond acceptors (Lipinski definition) is 5. The van der Waals surface area contributed by atoms with Crippen molar-refractivity contribution in [2.45, 2.75) is 25.1 Å². The maximum absolute atomic E-state index is 12.6. The molecule has 2 aromatic rings. The van der Waals surface area contributed by atoms with Crippen molar-refractivity contribution in [3.8, 4) is 5.88 Å². The Labute approximate surface area is 148 Å². The fraction of sp³-hybridized carbons (Fsp3) is 0.267. The average molecular weight is 394 g/mol. The molecule has 0 aliphatic heterocycles. The number of hydrogen-bond donors (Lipinski definition) is 2. The quantitative estimate of drug-likeness (QED) is 0.601. The lowest BCUT2D eigenvalue weighted by Gasteiger charge is -2.15. The van der Waals surface area contributed by atoms with E-state index < -0.39 is 36.2 Å². The van der Waals surface area contributed by atoms with Gasteiger partial charge in [-0.1, -0.05) is 24.3 Å². The second-order valence-corrected chi connectivity index (χ2v) is 5.18. The molecule has 0 fully saturated rings.